The Hall–Kier alpha value is -1.55. The average Bonchev–Trinajstić information content (AvgIpc) is 2.40. The molecule has 1 unspecified atom stereocenters. The molecule has 0 aliphatic carbocycles. The van der Waals surface area contributed by atoms with E-state index in [1.165, 1.54) is 12.8 Å². The fourth-order valence-corrected chi connectivity index (χ4v) is 2.23. The molecule has 0 aromatic heterocycles. The number of hydrogen-bond acceptors (Lipinski definition) is 3. The van der Waals surface area contributed by atoms with Gasteiger partial charge in [0.05, 0.1) is 0 Å². The topological polar surface area (TPSA) is 61.4 Å². The SMILES string of the molecule is Cc1cc(C(=O)NCC2CCCNC2)ccc1O. The summed E-state index contributed by atoms with van der Waals surface area (Å²) in [6, 6.07) is 4.92. The maximum absolute atomic E-state index is 11.9. The summed E-state index contributed by atoms with van der Waals surface area (Å²) in [6.07, 6.45) is 2.35. The highest BCUT2D eigenvalue weighted by Crippen LogP contribution is 2.17. The van der Waals surface area contributed by atoms with Gasteiger partial charge in [-0.1, -0.05) is 0 Å². The van der Waals surface area contributed by atoms with E-state index < -0.39 is 0 Å². The number of amides is 1. The van der Waals surface area contributed by atoms with Crippen LogP contribution in [0.1, 0.15) is 28.8 Å². The van der Waals surface area contributed by atoms with Gasteiger partial charge in [0.2, 0.25) is 0 Å². The first kappa shape index (κ1) is 12.9. The lowest BCUT2D eigenvalue weighted by atomic mass is 9.99. The Morgan fingerprint density at radius 1 is 1.56 bits per heavy atom. The molecule has 1 fully saturated rings. The summed E-state index contributed by atoms with van der Waals surface area (Å²) in [6.45, 7) is 4.57. The molecule has 1 aliphatic heterocycles. The summed E-state index contributed by atoms with van der Waals surface area (Å²) in [5.41, 5.74) is 1.33. The number of benzene rings is 1. The Kier molecular flexibility index (Phi) is 4.20. The molecule has 1 aromatic rings. The Labute approximate surface area is 107 Å². The van der Waals surface area contributed by atoms with Crippen LogP contribution in [0.3, 0.4) is 0 Å². The summed E-state index contributed by atoms with van der Waals surface area (Å²) in [4.78, 5) is 11.9. The zero-order valence-corrected chi connectivity index (χ0v) is 10.7. The summed E-state index contributed by atoms with van der Waals surface area (Å²) in [5.74, 6) is 0.688. The summed E-state index contributed by atoms with van der Waals surface area (Å²) in [5, 5.41) is 15.7. The van der Waals surface area contributed by atoms with Crippen LogP contribution in [-0.4, -0.2) is 30.6 Å². The van der Waals surface area contributed by atoms with Crippen LogP contribution in [0.4, 0.5) is 0 Å². The average molecular weight is 248 g/mol. The standard InChI is InChI=1S/C14H20N2O2/c1-10-7-12(4-5-13(10)17)14(18)16-9-11-3-2-6-15-8-11/h4-5,7,11,15,17H,2-3,6,8-9H2,1H3,(H,16,18). The zero-order chi connectivity index (χ0) is 13.0. The van der Waals surface area contributed by atoms with E-state index in [0.29, 0.717) is 18.0 Å². The minimum absolute atomic E-state index is 0.0660. The normalized spacial score (nSPS) is 19.5. The largest absolute Gasteiger partial charge is 0.508 e. The third-order valence-electron chi connectivity index (χ3n) is 3.41. The van der Waals surface area contributed by atoms with Crippen LogP contribution in [0.25, 0.3) is 0 Å². The van der Waals surface area contributed by atoms with Crippen molar-refractivity contribution in [2.45, 2.75) is 19.8 Å². The highest BCUT2D eigenvalue weighted by Gasteiger charge is 2.14. The van der Waals surface area contributed by atoms with Gasteiger partial charge in [0, 0.05) is 12.1 Å². The van der Waals surface area contributed by atoms with E-state index >= 15 is 0 Å². The van der Waals surface area contributed by atoms with Gasteiger partial charge in [0.1, 0.15) is 5.75 Å². The van der Waals surface area contributed by atoms with Crippen molar-refractivity contribution in [3.8, 4) is 5.75 Å². The van der Waals surface area contributed by atoms with E-state index in [0.717, 1.165) is 18.7 Å². The van der Waals surface area contributed by atoms with Crippen LogP contribution in [0.15, 0.2) is 18.2 Å². The van der Waals surface area contributed by atoms with E-state index in [-0.39, 0.29) is 11.7 Å². The molecule has 1 amide bonds. The number of nitrogens with one attached hydrogen (secondary N) is 2. The fraction of sp³-hybridized carbons (Fsp3) is 0.500. The molecule has 18 heavy (non-hydrogen) atoms. The minimum Gasteiger partial charge on any atom is -0.508 e. The van der Waals surface area contributed by atoms with Crippen molar-refractivity contribution in [1.29, 1.82) is 0 Å². The molecule has 2 rings (SSSR count). The molecule has 0 saturated carbocycles. The van der Waals surface area contributed by atoms with Crippen LogP contribution in [0.5, 0.6) is 5.75 Å². The van der Waals surface area contributed by atoms with Crippen LogP contribution < -0.4 is 10.6 Å². The lowest BCUT2D eigenvalue weighted by Gasteiger charge is -2.22. The second-order valence-electron chi connectivity index (χ2n) is 4.92. The number of phenolic OH excluding ortho intramolecular Hbond substituents is 1. The van der Waals surface area contributed by atoms with E-state index in [1.807, 2.05) is 0 Å². The number of aryl methyl sites for hydroxylation is 1. The van der Waals surface area contributed by atoms with Gasteiger partial charge < -0.3 is 15.7 Å². The first-order chi connectivity index (χ1) is 8.66. The van der Waals surface area contributed by atoms with Crippen molar-refractivity contribution in [2.24, 2.45) is 5.92 Å². The number of phenols is 1. The van der Waals surface area contributed by atoms with Gasteiger partial charge in [0.25, 0.3) is 5.91 Å². The fourth-order valence-electron chi connectivity index (χ4n) is 2.23. The number of piperidine rings is 1. The monoisotopic (exact) mass is 248 g/mol. The third-order valence-corrected chi connectivity index (χ3v) is 3.41. The van der Waals surface area contributed by atoms with Gasteiger partial charge in [-0.05, 0) is 62.5 Å². The van der Waals surface area contributed by atoms with E-state index in [4.69, 9.17) is 0 Å². The van der Waals surface area contributed by atoms with Gasteiger partial charge in [0.15, 0.2) is 0 Å². The number of hydrogen-bond donors (Lipinski definition) is 3. The van der Waals surface area contributed by atoms with Gasteiger partial charge in [-0.25, -0.2) is 0 Å². The van der Waals surface area contributed by atoms with Gasteiger partial charge in [-0.3, -0.25) is 4.79 Å². The second kappa shape index (κ2) is 5.87. The molecule has 4 nitrogen and oxygen atoms in total. The molecule has 1 heterocycles. The highest BCUT2D eigenvalue weighted by atomic mass is 16.3. The summed E-state index contributed by atoms with van der Waals surface area (Å²) in [7, 11) is 0. The molecule has 1 aromatic carbocycles. The van der Waals surface area contributed by atoms with Crippen LogP contribution in [0, 0.1) is 12.8 Å². The Morgan fingerprint density at radius 3 is 3.06 bits per heavy atom. The molecule has 1 atom stereocenters. The van der Waals surface area contributed by atoms with Gasteiger partial charge in [-0.2, -0.15) is 0 Å². The lowest BCUT2D eigenvalue weighted by molar-refractivity contribution is 0.0944. The van der Waals surface area contributed by atoms with E-state index in [9.17, 15) is 9.90 Å². The number of aromatic hydroxyl groups is 1. The summed E-state index contributed by atoms with van der Waals surface area (Å²) < 4.78 is 0. The Balaban J connectivity index is 1.88. The van der Waals surface area contributed by atoms with E-state index in [1.54, 1.807) is 25.1 Å². The van der Waals surface area contributed by atoms with Crippen molar-refractivity contribution in [3.63, 3.8) is 0 Å². The second-order valence-corrected chi connectivity index (χ2v) is 4.92. The highest BCUT2D eigenvalue weighted by molar-refractivity contribution is 5.94. The molecular weight excluding hydrogens is 228 g/mol. The molecule has 4 heteroatoms. The number of carbonyl (C=O) groups is 1. The molecule has 0 radical (unpaired) electrons. The van der Waals surface area contributed by atoms with Gasteiger partial charge >= 0.3 is 0 Å². The Morgan fingerprint density at radius 2 is 2.39 bits per heavy atom. The maximum Gasteiger partial charge on any atom is 0.251 e. The molecule has 98 valence electrons. The zero-order valence-electron chi connectivity index (χ0n) is 10.7. The molecule has 0 spiro atoms. The number of carbonyl (C=O) groups excluding carboxylic acids is 1. The number of rotatable bonds is 3. The minimum atomic E-state index is -0.0660. The van der Waals surface area contributed by atoms with E-state index in [2.05, 4.69) is 10.6 Å². The molecule has 1 saturated heterocycles. The van der Waals surface area contributed by atoms with Gasteiger partial charge in [-0.15, -0.1) is 0 Å². The molecular formula is C14H20N2O2. The van der Waals surface area contributed by atoms with Crippen molar-refractivity contribution < 1.29 is 9.90 Å². The third kappa shape index (κ3) is 3.23. The van der Waals surface area contributed by atoms with Crippen molar-refractivity contribution in [2.75, 3.05) is 19.6 Å². The Bertz CT molecular complexity index is 426. The predicted octanol–water partition coefficient (Wildman–Crippen LogP) is 1.43. The summed E-state index contributed by atoms with van der Waals surface area (Å²) >= 11 is 0. The molecule has 3 N–H and O–H groups in total. The van der Waals surface area contributed by atoms with Crippen molar-refractivity contribution in [1.82, 2.24) is 10.6 Å². The van der Waals surface area contributed by atoms with Crippen molar-refractivity contribution >= 4 is 5.91 Å². The predicted molar refractivity (Wildman–Crippen MR) is 70.8 cm³/mol. The maximum atomic E-state index is 11.9. The molecule has 1 aliphatic rings. The van der Waals surface area contributed by atoms with Crippen LogP contribution in [-0.2, 0) is 0 Å². The lowest BCUT2D eigenvalue weighted by Crippen LogP contribution is -2.38. The van der Waals surface area contributed by atoms with Crippen LogP contribution in [0.2, 0.25) is 0 Å². The smallest absolute Gasteiger partial charge is 0.251 e. The van der Waals surface area contributed by atoms with Crippen LogP contribution >= 0.6 is 0 Å². The first-order valence-electron chi connectivity index (χ1n) is 6.45. The quantitative estimate of drug-likeness (QED) is 0.758. The first-order valence-corrected chi connectivity index (χ1v) is 6.45. The van der Waals surface area contributed by atoms with Crippen molar-refractivity contribution in [3.05, 3.63) is 29.3 Å². The molecule has 0 bridgehead atoms.